The lowest BCUT2D eigenvalue weighted by atomic mass is 10.2. The van der Waals surface area contributed by atoms with Gasteiger partial charge in [-0.15, -0.1) is 0 Å². The summed E-state index contributed by atoms with van der Waals surface area (Å²) in [5.41, 5.74) is 0.906. The maximum atomic E-state index is 11.6. The van der Waals surface area contributed by atoms with Crippen molar-refractivity contribution in [1.82, 2.24) is 16.0 Å². The molecule has 0 saturated heterocycles. The standard InChI is InChI=1S/C15H23N3O3/c1-11(2)14(19)16-8-9-17-15(20)18-10-12-6-4-5-7-13(12)21-3/h4-7,11H,8-10H2,1-3H3,(H,16,19)(H2,17,18,20). The fraction of sp³-hybridized carbons (Fsp3) is 0.467. The lowest BCUT2D eigenvalue weighted by molar-refractivity contribution is -0.123. The van der Waals surface area contributed by atoms with E-state index in [-0.39, 0.29) is 17.9 Å². The van der Waals surface area contributed by atoms with Crippen LogP contribution in [0, 0.1) is 5.92 Å². The molecule has 0 bridgehead atoms. The molecule has 3 N–H and O–H groups in total. The van der Waals surface area contributed by atoms with E-state index in [9.17, 15) is 9.59 Å². The minimum absolute atomic E-state index is 0.0220. The number of carbonyl (C=O) groups is 2. The van der Waals surface area contributed by atoms with Gasteiger partial charge in [-0.1, -0.05) is 32.0 Å². The highest BCUT2D eigenvalue weighted by atomic mass is 16.5. The lowest BCUT2D eigenvalue weighted by Gasteiger charge is -2.11. The molecule has 0 atom stereocenters. The van der Waals surface area contributed by atoms with Gasteiger partial charge in [-0.2, -0.15) is 0 Å². The van der Waals surface area contributed by atoms with E-state index in [0.29, 0.717) is 19.6 Å². The minimum atomic E-state index is -0.278. The molecule has 0 aromatic heterocycles. The molecule has 1 aromatic rings. The van der Waals surface area contributed by atoms with E-state index >= 15 is 0 Å². The van der Waals surface area contributed by atoms with E-state index in [1.807, 2.05) is 38.1 Å². The highest BCUT2D eigenvalue weighted by molar-refractivity contribution is 5.78. The van der Waals surface area contributed by atoms with Crippen LogP contribution < -0.4 is 20.7 Å². The van der Waals surface area contributed by atoms with Crippen LogP contribution in [0.15, 0.2) is 24.3 Å². The first kappa shape index (κ1) is 16.8. The van der Waals surface area contributed by atoms with Crippen LogP contribution in [-0.4, -0.2) is 32.1 Å². The number of ether oxygens (including phenoxy) is 1. The number of carbonyl (C=O) groups excluding carboxylic acids is 2. The van der Waals surface area contributed by atoms with Crippen LogP contribution in [0.1, 0.15) is 19.4 Å². The van der Waals surface area contributed by atoms with Crippen LogP contribution in [0.2, 0.25) is 0 Å². The molecular weight excluding hydrogens is 270 g/mol. The molecule has 0 fully saturated rings. The van der Waals surface area contributed by atoms with E-state index in [0.717, 1.165) is 11.3 Å². The van der Waals surface area contributed by atoms with Gasteiger partial charge >= 0.3 is 6.03 Å². The van der Waals surface area contributed by atoms with Crippen molar-refractivity contribution in [1.29, 1.82) is 0 Å². The van der Waals surface area contributed by atoms with Crippen molar-refractivity contribution in [3.8, 4) is 5.75 Å². The molecule has 0 aliphatic heterocycles. The summed E-state index contributed by atoms with van der Waals surface area (Å²) in [5, 5.41) is 8.15. The number of para-hydroxylation sites is 1. The van der Waals surface area contributed by atoms with Gasteiger partial charge in [0.05, 0.1) is 7.11 Å². The first-order valence-corrected chi connectivity index (χ1v) is 6.96. The highest BCUT2D eigenvalue weighted by Gasteiger charge is 2.06. The molecule has 0 aliphatic carbocycles. The number of hydrogen-bond acceptors (Lipinski definition) is 3. The average Bonchev–Trinajstić information content (AvgIpc) is 2.49. The summed E-state index contributed by atoms with van der Waals surface area (Å²) in [7, 11) is 1.59. The Kier molecular flexibility index (Phi) is 7.08. The maximum Gasteiger partial charge on any atom is 0.315 e. The van der Waals surface area contributed by atoms with E-state index in [1.165, 1.54) is 0 Å². The zero-order valence-corrected chi connectivity index (χ0v) is 12.7. The van der Waals surface area contributed by atoms with Gasteiger partial charge in [-0.3, -0.25) is 4.79 Å². The fourth-order valence-electron chi connectivity index (χ4n) is 1.65. The van der Waals surface area contributed by atoms with Crippen LogP contribution in [0.25, 0.3) is 0 Å². The van der Waals surface area contributed by atoms with Crippen LogP contribution >= 0.6 is 0 Å². The summed E-state index contributed by atoms with van der Waals surface area (Å²) in [4.78, 5) is 22.9. The third-order valence-electron chi connectivity index (χ3n) is 2.87. The molecule has 3 amide bonds. The molecule has 0 spiro atoms. The molecule has 21 heavy (non-hydrogen) atoms. The monoisotopic (exact) mass is 293 g/mol. The molecule has 6 nitrogen and oxygen atoms in total. The number of urea groups is 1. The molecule has 6 heteroatoms. The van der Waals surface area contributed by atoms with Gasteiger partial charge in [-0.25, -0.2) is 4.79 Å². The fourth-order valence-corrected chi connectivity index (χ4v) is 1.65. The van der Waals surface area contributed by atoms with Crippen molar-refractivity contribution in [3.63, 3.8) is 0 Å². The van der Waals surface area contributed by atoms with Gasteiger partial charge < -0.3 is 20.7 Å². The lowest BCUT2D eigenvalue weighted by Crippen LogP contribution is -2.40. The largest absolute Gasteiger partial charge is 0.496 e. The highest BCUT2D eigenvalue weighted by Crippen LogP contribution is 2.16. The van der Waals surface area contributed by atoms with Crippen molar-refractivity contribution in [2.45, 2.75) is 20.4 Å². The zero-order valence-electron chi connectivity index (χ0n) is 12.7. The quantitative estimate of drug-likeness (QED) is 0.662. The Hall–Kier alpha value is -2.24. The Bertz CT molecular complexity index is 475. The normalized spacial score (nSPS) is 10.1. The van der Waals surface area contributed by atoms with E-state index < -0.39 is 0 Å². The summed E-state index contributed by atoms with van der Waals surface area (Å²) in [6.45, 7) is 4.83. The molecule has 0 heterocycles. The molecule has 0 unspecified atom stereocenters. The van der Waals surface area contributed by atoms with E-state index in [1.54, 1.807) is 7.11 Å². The van der Waals surface area contributed by atoms with Gasteiger partial charge in [0.2, 0.25) is 5.91 Å². The van der Waals surface area contributed by atoms with Crippen LogP contribution in [0.3, 0.4) is 0 Å². The number of benzene rings is 1. The van der Waals surface area contributed by atoms with Gasteiger partial charge in [-0.05, 0) is 6.07 Å². The molecule has 1 rings (SSSR count). The Morgan fingerprint density at radius 3 is 2.43 bits per heavy atom. The number of rotatable bonds is 7. The Morgan fingerprint density at radius 2 is 1.76 bits per heavy atom. The summed E-state index contributed by atoms with van der Waals surface area (Å²) in [6.07, 6.45) is 0. The van der Waals surface area contributed by atoms with Crippen molar-refractivity contribution < 1.29 is 14.3 Å². The van der Waals surface area contributed by atoms with Crippen molar-refractivity contribution >= 4 is 11.9 Å². The third kappa shape index (κ3) is 6.16. The van der Waals surface area contributed by atoms with Crippen molar-refractivity contribution in [2.75, 3.05) is 20.2 Å². The summed E-state index contributed by atoms with van der Waals surface area (Å²) in [6, 6.07) is 7.22. The predicted molar refractivity (Wildman–Crippen MR) is 81.1 cm³/mol. The van der Waals surface area contributed by atoms with Gasteiger partial charge in [0, 0.05) is 31.1 Å². The second kappa shape index (κ2) is 8.84. The maximum absolute atomic E-state index is 11.6. The summed E-state index contributed by atoms with van der Waals surface area (Å²) < 4.78 is 5.21. The molecule has 1 aromatic carbocycles. The van der Waals surface area contributed by atoms with Gasteiger partial charge in [0.1, 0.15) is 5.75 Å². The molecular formula is C15H23N3O3. The molecule has 0 aliphatic rings. The van der Waals surface area contributed by atoms with E-state index in [4.69, 9.17) is 4.74 Å². The Morgan fingerprint density at radius 1 is 1.10 bits per heavy atom. The van der Waals surface area contributed by atoms with E-state index in [2.05, 4.69) is 16.0 Å². The zero-order chi connectivity index (χ0) is 15.7. The van der Waals surface area contributed by atoms with Crippen molar-refractivity contribution in [2.24, 2.45) is 5.92 Å². The number of nitrogens with one attached hydrogen (secondary N) is 3. The Balaban J connectivity index is 2.24. The second-order valence-corrected chi connectivity index (χ2v) is 4.87. The smallest absolute Gasteiger partial charge is 0.315 e. The molecule has 0 saturated carbocycles. The van der Waals surface area contributed by atoms with Crippen LogP contribution in [0.4, 0.5) is 4.79 Å². The van der Waals surface area contributed by atoms with Crippen molar-refractivity contribution in [3.05, 3.63) is 29.8 Å². The molecule has 0 radical (unpaired) electrons. The summed E-state index contributed by atoms with van der Waals surface area (Å²) in [5.74, 6) is 0.664. The number of hydrogen-bond donors (Lipinski definition) is 3. The first-order chi connectivity index (χ1) is 10.0. The third-order valence-corrected chi connectivity index (χ3v) is 2.87. The molecule has 116 valence electrons. The van der Waals surface area contributed by atoms with Gasteiger partial charge in [0.15, 0.2) is 0 Å². The SMILES string of the molecule is COc1ccccc1CNC(=O)NCCNC(=O)C(C)C. The first-order valence-electron chi connectivity index (χ1n) is 6.96. The number of amides is 3. The summed E-state index contributed by atoms with van der Waals surface area (Å²) >= 11 is 0. The Labute approximate surface area is 125 Å². The second-order valence-electron chi connectivity index (χ2n) is 4.87. The van der Waals surface area contributed by atoms with Gasteiger partial charge in [0.25, 0.3) is 0 Å². The topological polar surface area (TPSA) is 79.5 Å². The predicted octanol–water partition coefficient (Wildman–Crippen LogP) is 1.27. The number of methoxy groups -OCH3 is 1. The average molecular weight is 293 g/mol. The van der Waals surface area contributed by atoms with Crippen LogP contribution in [0.5, 0.6) is 5.75 Å². The van der Waals surface area contributed by atoms with Crippen LogP contribution in [-0.2, 0) is 11.3 Å². The minimum Gasteiger partial charge on any atom is -0.496 e.